The maximum Gasteiger partial charge on any atom is 0.0805 e. The minimum Gasteiger partial charge on any atom is -0.383 e. The van der Waals surface area contributed by atoms with Crippen LogP contribution in [-0.4, -0.2) is 173 Å². The van der Waals surface area contributed by atoms with Crippen LogP contribution in [0.3, 0.4) is 0 Å². The maximum atomic E-state index is 5.21. The average molecular weight is 921 g/mol. The van der Waals surface area contributed by atoms with Crippen LogP contribution >= 0.6 is 0 Å². The molecule has 4 aliphatic carbocycles. The molecule has 0 radical (unpaired) electrons. The summed E-state index contributed by atoms with van der Waals surface area (Å²) in [7, 11) is 0. The average Bonchev–Trinajstić information content (AvgIpc) is 3.91. The fourth-order valence-electron chi connectivity index (χ4n) is 9.29. The fourth-order valence-corrected chi connectivity index (χ4v) is 9.29. The molecule has 8 rings (SSSR count). The number of nitrogens with zero attached hydrogens (tertiary/aromatic N) is 8. The molecule has 4 heterocycles. The molecule has 0 unspecified atom stereocenters. The van der Waals surface area contributed by atoms with Gasteiger partial charge in [-0.15, -0.1) is 0 Å². The van der Waals surface area contributed by atoms with Crippen LogP contribution in [-0.2, 0) is 0 Å². The molecule has 8 aliphatic rings. The second-order valence-corrected chi connectivity index (χ2v) is 18.3. The van der Waals surface area contributed by atoms with E-state index in [0.29, 0.717) is 0 Å². The number of aliphatic imine (C=N–C) groups is 4. The largest absolute Gasteiger partial charge is 0.383 e. The van der Waals surface area contributed by atoms with E-state index in [1.807, 2.05) is 0 Å². The van der Waals surface area contributed by atoms with E-state index in [1.165, 1.54) is 0 Å². The predicted octanol–water partition coefficient (Wildman–Crippen LogP) is 6.52. The van der Waals surface area contributed by atoms with E-state index in [0.717, 1.165) is 228 Å². The highest BCUT2D eigenvalue weighted by atomic mass is 15.2. The zero-order valence-corrected chi connectivity index (χ0v) is 40.9. The second kappa shape index (κ2) is 30.2. The summed E-state index contributed by atoms with van der Waals surface area (Å²) in [6.07, 6.45) is 51.1. The zero-order chi connectivity index (χ0) is 46.5. The molecule has 68 heavy (non-hydrogen) atoms. The van der Waals surface area contributed by atoms with Gasteiger partial charge in [-0.3, -0.25) is 20.0 Å². The quantitative estimate of drug-likeness (QED) is 0.218. The number of allylic oxidation sites excluding steroid dienone is 20. The SMILES string of the molecule is C1=CC=C2NCCCN3CCCNC4=CC=CC=CC4=NCCCN(CCCN=C2C=C1)CCN1CCCNC2=CC=CC=CC2=NCCCN(CCCN=C2C=CC=CC=C2NCCC1)CC3. The molecule has 364 valence electrons. The van der Waals surface area contributed by atoms with Crippen molar-refractivity contribution >= 4 is 22.8 Å². The minimum atomic E-state index is 0.789. The highest BCUT2D eigenvalue weighted by molar-refractivity contribution is 6.10. The molecule has 0 amide bonds. The molecular formula is C56H80N12. The van der Waals surface area contributed by atoms with Gasteiger partial charge in [0.1, 0.15) is 0 Å². The van der Waals surface area contributed by atoms with Crippen LogP contribution in [0, 0.1) is 0 Å². The topological polar surface area (TPSA) is 111 Å². The number of rotatable bonds is 0. The van der Waals surface area contributed by atoms with Gasteiger partial charge < -0.3 is 40.9 Å². The molecule has 0 saturated carbocycles. The molecule has 0 aromatic heterocycles. The first-order valence-electron chi connectivity index (χ1n) is 26.0. The van der Waals surface area contributed by atoms with E-state index in [-0.39, 0.29) is 0 Å². The Kier molecular flexibility index (Phi) is 22.4. The highest BCUT2D eigenvalue weighted by Crippen LogP contribution is 2.11. The van der Waals surface area contributed by atoms with Crippen LogP contribution < -0.4 is 21.3 Å². The monoisotopic (exact) mass is 921 g/mol. The van der Waals surface area contributed by atoms with Gasteiger partial charge in [-0.1, -0.05) is 72.9 Å². The van der Waals surface area contributed by atoms with Gasteiger partial charge in [-0.2, -0.15) is 0 Å². The summed E-state index contributed by atoms with van der Waals surface area (Å²) in [5.74, 6) is 0. The molecule has 4 N–H and O–H groups in total. The third kappa shape index (κ3) is 18.3. The predicted molar refractivity (Wildman–Crippen MR) is 289 cm³/mol. The first kappa shape index (κ1) is 50.5. The van der Waals surface area contributed by atoms with E-state index in [2.05, 4.69) is 162 Å². The van der Waals surface area contributed by atoms with Gasteiger partial charge in [0.05, 0.1) is 45.6 Å². The lowest BCUT2D eigenvalue weighted by atomic mass is 10.2. The van der Waals surface area contributed by atoms with Gasteiger partial charge in [0.15, 0.2) is 0 Å². The van der Waals surface area contributed by atoms with E-state index in [9.17, 15) is 0 Å². The van der Waals surface area contributed by atoms with Crippen LogP contribution in [0.25, 0.3) is 0 Å². The number of fused-ring (bicyclic) bond motifs is 15. The molecule has 0 spiro atoms. The lowest BCUT2D eigenvalue weighted by Crippen LogP contribution is -2.39. The van der Waals surface area contributed by atoms with Gasteiger partial charge in [0, 0.05) is 78.5 Å². The Morgan fingerprint density at radius 1 is 0.265 bits per heavy atom. The molecule has 4 aliphatic heterocycles. The van der Waals surface area contributed by atoms with Gasteiger partial charge >= 0.3 is 0 Å². The van der Waals surface area contributed by atoms with Crippen molar-refractivity contribution in [1.82, 2.24) is 40.9 Å². The minimum absolute atomic E-state index is 0.789. The zero-order valence-electron chi connectivity index (χ0n) is 40.9. The van der Waals surface area contributed by atoms with Gasteiger partial charge in [-0.05, 0) is 152 Å². The normalized spacial score (nSPS) is 27.1. The van der Waals surface area contributed by atoms with Crippen LogP contribution in [0.2, 0.25) is 0 Å². The Morgan fingerprint density at radius 2 is 0.500 bits per heavy atom. The molecule has 0 fully saturated rings. The molecule has 0 saturated heterocycles. The van der Waals surface area contributed by atoms with E-state index in [1.54, 1.807) is 0 Å². The molecule has 12 heteroatoms. The lowest BCUT2D eigenvalue weighted by molar-refractivity contribution is 0.198. The second-order valence-electron chi connectivity index (χ2n) is 18.3. The first-order chi connectivity index (χ1) is 33.8. The van der Waals surface area contributed by atoms with Crippen molar-refractivity contribution in [3.63, 3.8) is 0 Å². The van der Waals surface area contributed by atoms with Crippen LogP contribution in [0.4, 0.5) is 0 Å². The Balaban J connectivity index is 1.20. The fraction of sp³-hybridized carbons (Fsp3) is 0.500. The molecule has 12 nitrogen and oxygen atoms in total. The Morgan fingerprint density at radius 3 is 0.750 bits per heavy atom. The van der Waals surface area contributed by atoms with Gasteiger partial charge in [-0.25, -0.2) is 0 Å². The summed E-state index contributed by atoms with van der Waals surface area (Å²) in [5, 5.41) is 15.2. The van der Waals surface area contributed by atoms with Crippen molar-refractivity contribution in [2.24, 2.45) is 20.0 Å². The summed E-state index contributed by atoms with van der Waals surface area (Å²) < 4.78 is 0. The van der Waals surface area contributed by atoms with Crippen LogP contribution in [0.15, 0.2) is 164 Å². The van der Waals surface area contributed by atoms with Gasteiger partial charge in [0.2, 0.25) is 0 Å². The van der Waals surface area contributed by atoms with Crippen molar-refractivity contribution in [2.75, 3.05) is 131 Å². The lowest BCUT2D eigenvalue weighted by Gasteiger charge is -2.28. The number of nitrogens with one attached hydrogen (secondary N) is 4. The molecule has 0 atom stereocenters. The van der Waals surface area contributed by atoms with E-state index >= 15 is 0 Å². The van der Waals surface area contributed by atoms with E-state index < -0.39 is 0 Å². The summed E-state index contributed by atoms with van der Waals surface area (Å²) in [5.41, 5.74) is 8.68. The van der Waals surface area contributed by atoms with E-state index in [4.69, 9.17) is 20.0 Å². The maximum absolute atomic E-state index is 5.21. The van der Waals surface area contributed by atoms with Crippen molar-refractivity contribution in [3.05, 3.63) is 144 Å². The summed E-state index contributed by atoms with van der Waals surface area (Å²) in [6, 6.07) is 0. The number of hydrogen-bond donors (Lipinski definition) is 4. The Hall–Kier alpha value is -5.40. The van der Waals surface area contributed by atoms with Crippen molar-refractivity contribution in [2.45, 2.75) is 51.4 Å². The summed E-state index contributed by atoms with van der Waals surface area (Å²) in [4.78, 5) is 31.5. The van der Waals surface area contributed by atoms with Crippen molar-refractivity contribution in [1.29, 1.82) is 0 Å². The Labute approximate surface area is 408 Å². The third-order valence-corrected chi connectivity index (χ3v) is 13.1. The third-order valence-electron chi connectivity index (χ3n) is 13.1. The summed E-state index contributed by atoms with van der Waals surface area (Å²) >= 11 is 0. The van der Waals surface area contributed by atoms with Gasteiger partial charge in [0.25, 0.3) is 0 Å². The molecule has 4 bridgehead atoms. The number of hydrogen-bond acceptors (Lipinski definition) is 12. The highest BCUT2D eigenvalue weighted by Gasteiger charge is 2.16. The standard InChI is InChI=1S/C56H80N12/c1-5-21-49-50(22-6-1)58-30-14-38-66-40-16-32-60-52-24-8-2-7-23-51(52)59-31-15-39-65(37-13-29-57-49)45-47-67-41-17-33-61-53-25-9-3-10-26-54(53)62-34-18-42-68(48-46-66)44-20-36-64-56-28-12-4-11-27-55(56)63-35-19-43-67/h1-12,21-28,57,59,62,64H,13-20,29-48H2. The van der Waals surface area contributed by atoms with Crippen LogP contribution in [0.1, 0.15) is 51.4 Å². The molecule has 0 aromatic rings. The smallest absolute Gasteiger partial charge is 0.0805 e. The Bertz CT molecular complexity index is 1810. The first-order valence-corrected chi connectivity index (χ1v) is 26.0. The molecular weight excluding hydrogens is 841 g/mol. The van der Waals surface area contributed by atoms with Crippen LogP contribution in [0.5, 0.6) is 0 Å². The summed E-state index contributed by atoms with van der Waals surface area (Å²) in [6.45, 7) is 18.8. The van der Waals surface area contributed by atoms with Crippen molar-refractivity contribution in [3.8, 4) is 0 Å². The molecule has 0 aromatic carbocycles. The van der Waals surface area contributed by atoms with Crippen molar-refractivity contribution < 1.29 is 0 Å².